The van der Waals surface area contributed by atoms with Gasteiger partial charge >= 0.3 is 6.01 Å². The van der Waals surface area contributed by atoms with Crippen LogP contribution in [0.5, 0.6) is 6.01 Å². The lowest BCUT2D eigenvalue weighted by molar-refractivity contribution is 0.380. The van der Waals surface area contributed by atoms with Gasteiger partial charge in [-0.3, -0.25) is 0 Å². The fourth-order valence-electron chi connectivity index (χ4n) is 1.67. The molecule has 3 heteroatoms. The Morgan fingerprint density at radius 2 is 1.81 bits per heavy atom. The Bertz CT molecular complexity index is 466. The first-order valence-corrected chi connectivity index (χ1v) is 5.29. The lowest BCUT2D eigenvalue weighted by Gasteiger charge is -2.07. The summed E-state index contributed by atoms with van der Waals surface area (Å²) in [6.45, 7) is 2.14. The molecule has 0 unspecified atom stereocenters. The van der Waals surface area contributed by atoms with Crippen molar-refractivity contribution in [3.63, 3.8) is 0 Å². The van der Waals surface area contributed by atoms with Crippen LogP contribution in [-0.2, 0) is 6.42 Å². The predicted octanol–water partition coefficient (Wildman–Crippen LogP) is 2.71. The van der Waals surface area contributed by atoms with Crippen molar-refractivity contribution in [2.75, 3.05) is 7.11 Å². The van der Waals surface area contributed by atoms with E-state index in [0.717, 1.165) is 12.0 Å². The molecule has 2 aromatic rings. The van der Waals surface area contributed by atoms with E-state index in [1.165, 1.54) is 11.1 Å². The number of ether oxygens (including phenoxy) is 1. The van der Waals surface area contributed by atoms with Crippen molar-refractivity contribution in [1.29, 1.82) is 0 Å². The number of benzene rings is 1. The van der Waals surface area contributed by atoms with Crippen molar-refractivity contribution >= 4 is 0 Å². The molecule has 0 radical (unpaired) electrons. The highest BCUT2D eigenvalue weighted by molar-refractivity contribution is 5.65. The minimum absolute atomic E-state index is 0.401. The number of hydrogen-bond donors (Lipinski definition) is 0. The normalized spacial score (nSPS) is 10.1. The molecular weight excluding hydrogens is 200 g/mol. The first-order valence-electron chi connectivity index (χ1n) is 5.29. The lowest BCUT2D eigenvalue weighted by atomic mass is 10.0. The fourth-order valence-corrected chi connectivity index (χ4v) is 1.67. The fraction of sp³-hybridized carbons (Fsp3) is 0.231. The number of nitrogens with zero attached hydrogens (tertiary/aromatic N) is 2. The van der Waals surface area contributed by atoms with Crippen LogP contribution in [-0.4, -0.2) is 17.1 Å². The maximum absolute atomic E-state index is 4.94. The third-order valence-electron chi connectivity index (χ3n) is 2.52. The van der Waals surface area contributed by atoms with Crippen molar-refractivity contribution < 1.29 is 4.74 Å². The molecule has 0 fully saturated rings. The molecule has 3 nitrogen and oxygen atoms in total. The van der Waals surface area contributed by atoms with Crippen molar-refractivity contribution in [3.05, 3.63) is 42.2 Å². The number of hydrogen-bond acceptors (Lipinski definition) is 3. The van der Waals surface area contributed by atoms with Gasteiger partial charge in [-0.2, -0.15) is 0 Å². The van der Waals surface area contributed by atoms with E-state index in [1.54, 1.807) is 19.5 Å². The van der Waals surface area contributed by atoms with E-state index < -0.39 is 0 Å². The maximum Gasteiger partial charge on any atom is 0.316 e. The molecule has 82 valence electrons. The van der Waals surface area contributed by atoms with Crippen LogP contribution < -0.4 is 4.74 Å². The molecule has 0 aliphatic rings. The monoisotopic (exact) mass is 214 g/mol. The quantitative estimate of drug-likeness (QED) is 0.788. The Morgan fingerprint density at radius 3 is 2.44 bits per heavy atom. The zero-order valence-electron chi connectivity index (χ0n) is 9.47. The molecule has 0 atom stereocenters. The van der Waals surface area contributed by atoms with Crippen LogP contribution in [0.15, 0.2) is 36.7 Å². The smallest absolute Gasteiger partial charge is 0.316 e. The summed E-state index contributed by atoms with van der Waals surface area (Å²) in [6.07, 6.45) is 4.59. The Kier molecular flexibility index (Phi) is 3.15. The van der Waals surface area contributed by atoms with Gasteiger partial charge in [-0.05, 0) is 17.5 Å². The van der Waals surface area contributed by atoms with E-state index in [1.807, 2.05) is 12.1 Å². The summed E-state index contributed by atoms with van der Waals surface area (Å²) in [4.78, 5) is 8.23. The highest BCUT2D eigenvalue weighted by Crippen LogP contribution is 2.23. The topological polar surface area (TPSA) is 35.0 Å². The van der Waals surface area contributed by atoms with E-state index in [4.69, 9.17) is 4.74 Å². The molecule has 16 heavy (non-hydrogen) atoms. The molecular formula is C13H14N2O. The van der Waals surface area contributed by atoms with Gasteiger partial charge in [-0.1, -0.05) is 31.2 Å². The Hall–Kier alpha value is -1.90. The minimum Gasteiger partial charge on any atom is -0.467 e. The van der Waals surface area contributed by atoms with Crippen molar-refractivity contribution in [2.45, 2.75) is 13.3 Å². The van der Waals surface area contributed by atoms with Crippen molar-refractivity contribution in [1.82, 2.24) is 9.97 Å². The minimum atomic E-state index is 0.401. The second-order valence-corrected chi connectivity index (χ2v) is 3.47. The van der Waals surface area contributed by atoms with Gasteiger partial charge in [-0.15, -0.1) is 0 Å². The van der Waals surface area contributed by atoms with E-state index in [9.17, 15) is 0 Å². The number of aryl methyl sites for hydroxylation is 1. The van der Waals surface area contributed by atoms with Crippen molar-refractivity contribution in [3.8, 4) is 17.1 Å². The molecule has 0 N–H and O–H groups in total. The van der Waals surface area contributed by atoms with E-state index in [-0.39, 0.29) is 0 Å². The second-order valence-electron chi connectivity index (χ2n) is 3.47. The van der Waals surface area contributed by atoms with Gasteiger partial charge < -0.3 is 4.74 Å². The zero-order chi connectivity index (χ0) is 11.4. The van der Waals surface area contributed by atoms with E-state index in [0.29, 0.717) is 6.01 Å². The third kappa shape index (κ3) is 2.03. The molecule has 1 aromatic heterocycles. The van der Waals surface area contributed by atoms with Gasteiger partial charge in [-0.25, -0.2) is 9.97 Å². The average Bonchev–Trinajstić information content (AvgIpc) is 2.39. The standard InChI is InChI=1S/C13H14N2O/c1-3-10-6-4-5-7-12(10)11-8-14-13(16-2)15-9-11/h4-9H,3H2,1-2H3. The van der Waals surface area contributed by atoms with Crippen LogP contribution in [0.2, 0.25) is 0 Å². The predicted molar refractivity (Wildman–Crippen MR) is 63.4 cm³/mol. The van der Waals surface area contributed by atoms with E-state index >= 15 is 0 Å². The summed E-state index contributed by atoms with van der Waals surface area (Å²) >= 11 is 0. The molecule has 0 aliphatic carbocycles. The first-order chi connectivity index (χ1) is 7.85. The van der Waals surface area contributed by atoms with Gasteiger partial charge in [0.25, 0.3) is 0 Å². The summed E-state index contributed by atoms with van der Waals surface area (Å²) in [5.74, 6) is 0. The molecule has 1 heterocycles. The summed E-state index contributed by atoms with van der Waals surface area (Å²) in [7, 11) is 1.56. The summed E-state index contributed by atoms with van der Waals surface area (Å²) < 4.78 is 4.94. The highest BCUT2D eigenvalue weighted by Gasteiger charge is 2.04. The highest BCUT2D eigenvalue weighted by atomic mass is 16.5. The molecule has 0 saturated carbocycles. The van der Waals surface area contributed by atoms with Crippen molar-refractivity contribution in [2.24, 2.45) is 0 Å². The molecule has 0 bridgehead atoms. The zero-order valence-corrected chi connectivity index (χ0v) is 9.47. The van der Waals surface area contributed by atoms with Gasteiger partial charge in [0.05, 0.1) is 7.11 Å². The Balaban J connectivity index is 2.42. The van der Waals surface area contributed by atoms with Gasteiger partial charge in [0, 0.05) is 18.0 Å². The lowest BCUT2D eigenvalue weighted by Crippen LogP contribution is -1.93. The number of rotatable bonds is 3. The summed E-state index contributed by atoms with van der Waals surface area (Å²) in [6, 6.07) is 8.69. The van der Waals surface area contributed by atoms with Crippen LogP contribution in [0.1, 0.15) is 12.5 Å². The maximum atomic E-state index is 4.94. The van der Waals surface area contributed by atoms with Crippen LogP contribution in [0.3, 0.4) is 0 Å². The van der Waals surface area contributed by atoms with Gasteiger partial charge in [0.2, 0.25) is 0 Å². The number of methoxy groups -OCH3 is 1. The number of aromatic nitrogens is 2. The van der Waals surface area contributed by atoms with E-state index in [2.05, 4.69) is 29.0 Å². The Morgan fingerprint density at radius 1 is 1.12 bits per heavy atom. The SMILES string of the molecule is CCc1ccccc1-c1cnc(OC)nc1. The van der Waals surface area contributed by atoms with Gasteiger partial charge in [0.15, 0.2) is 0 Å². The summed E-state index contributed by atoms with van der Waals surface area (Å²) in [5, 5.41) is 0. The van der Waals surface area contributed by atoms with Gasteiger partial charge in [0.1, 0.15) is 0 Å². The van der Waals surface area contributed by atoms with Crippen LogP contribution in [0.4, 0.5) is 0 Å². The Labute approximate surface area is 95.1 Å². The molecule has 0 aliphatic heterocycles. The average molecular weight is 214 g/mol. The molecule has 2 rings (SSSR count). The summed E-state index contributed by atoms with van der Waals surface area (Å²) in [5.41, 5.74) is 3.52. The molecule has 0 amide bonds. The third-order valence-corrected chi connectivity index (χ3v) is 2.52. The molecule has 0 spiro atoms. The molecule has 0 saturated heterocycles. The van der Waals surface area contributed by atoms with Crippen LogP contribution >= 0.6 is 0 Å². The van der Waals surface area contributed by atoms with Crippen LogP contribution in [0, 0.1) is 0 Å². The first kappa shape index (κ1) is 10.6. The largest absolute Gasteiger partial charge is 0.467 e. The molecule has 1 aromatic carbocycles. The second kappa shape index (κ2) is 4.75. The van der Waals surface area contributed by atoms with Crippen LogP contribution in [0.25, 0.3) is 11.1 Å².